The second-order valence-electron chi connectivity index (χ2n) is 6.66. The Bertz CT molecular complexity index is 1170. The van der Waals surface area contributed by atoms with E-state index in [1.165, 1.54) is 18.2 Å². The lowest BCUT2D eigenvalue weighted by Crippen LogP contribution is -2.38. The number of anilines is 1. The molecule has 2 aliphatic rings. The molecule has 3 amide bonds. The van der Waals surface area contributed by atoms with Crippen LogP contribution < -0.4 is 10.1 Å². The van der Waals surface area contributed by atoms with Crippen LogP contribution in [0.1, 0.15) is 23.2 Å². The fourth-order valence-electron chi connectivity index (χ4n) is 3.65. The molecule has 2 heterocycles. The number of aliphatic carboxylic acids is 1. The summed E-state index contributed by atoms with van der Waals surface area (Å²) in [6.45, 7) is -0.265. The highest BCUT2D eigenvalue weighted by molar-refractivity contribution is 7.80. The Morgan fingerprint density at radius 3 is 2.45 bits per heavy atom. The lowest BCUT2D eigenvalue weighted by molar-refractivity contribution is -0.142. The van der Waals surface area contributed by atoms with Gasteiger partial charge in [0.05, 0.1) is 6.54 Å². The fraction of sp³-hybridized carbons (Fsp3) is 0.167. The number of fused-ring (bicyclic) bond motifs is 4. The third-order valence-electron chi connectivity index (χ3n) is 4.76. The molecule has 0 aliphatic carbocycles. The van der Waals surface area contributed by atoms with E-state index in [0.29, 0.717) is 10.8 Å². The lowest BCUT2D eigenvalue weighted by atomic mass is 9.90. The molecular formula is C18H15N3O9S. The van der Waals surface area contributed by atoms with Crippen LogP contribution in [0.25, 0.3) is 0 Å². The summed E-state index contributed by atoms with van der Waals surface area (Å²) in [5, 5.41) is 12.5. The molecule has 1 saturated heterocycles. The Balaban J connectivity index is 1.73. The summed E-state index contributed by atoms with van der Waals surface area (Å²) >= 11 is 0. The summed E-state index contributed by atoms with van der Waals surface area (Å²) in [7, 11) is -5.09. The Kier molecular flexibility index (Phi) is 5.00. The Morgan fingerprint density at radius 1 is 1.10 bits per heavy atom. The van der Waals surface area contributed by atoms with Gasteiger partial charge in [0.1, 0.15) is 11.8 Å². The van der Waals surface area contributed by atoms with E-state index in [4.69, 9.17) is 9.29 Å². The molecule has 12 nitrogen and oxygen atoms in total. The summed E-state index contributed by atoms with van der Waals surface area (Å²) in [4.78, 5) is 37.7. The molecule has 0 aromatic heterocycles. The maximum Gasteiger partial charge on any atom is 0.418 e. The number of urea groups is 1. The third-order valence-corrected chi connectivity index (χ3v) is 5.11. The SMILES string of the molecule is O=C(Nc1ccccc1)Oc1cccc2c1[C@H]1CN(C(=O)N1OS(=O)(=O)O)[C@H]2C(=O)O. The predicted octanol–water partition coefficient (Wildman–Crippen LogP) is 1.95. The van der Waals surface area contributed by atoms with Crippen molar-refractivity contribution < 1.29 is 41.5 Å². The predicted molar refractivity (Wildman–Crippen MR) is 102 cm³/mol. The molecule has 0 radical (unpaired) electrons. The first kappa shape index (κ1) is 20.6. The normalized spacial score (nSPS) is 19.7. The molecule has 2 aromatic rings. The Hall–Kier alpha value is -3.68. The van der Waals surface area contributed by atoms with Gasteiger partial charge in [0.25, 0.3) is 0 Å². The van der Waals surface area contributed by atoms with Crippen molar-refractivity contribution in [1.29, 1.82) is 0 Å². The number of carbonyl (C=O) groups is 3. The minimum Gasteiger partial charge on any atom is -0.479 e. The second kappa shape index (κ2) is 7.54. The molecule has 162 valence electrons. The zero-order valence-corrected chi connectivity index (χ0v) is 16.4. The zero-order valence-electron chi connectivity index (χ0n) is 15.5. The molecule has 2 atom stereocenters. The molecule has 0 saturated carbocycles. The van der Waals surface area contributed by atoms with Gasteiger partial charge in [0.15, 0.2) is 6.04 Å². The van der Waals surface area contributed by atoms with Crippen LogP contribution in [0.3, 0.4) is 0 Å². The van der Waals surface area contributed by atoms with E-state index < -0.39 is 40.6 Å². The van der Waals surface area contributed by atoms with Crippen LogP contribution in [-0.2, 0) is 19.5 Å². The highest BCUT2D eigenvalue weighted by Crippen LogP contribution is 2.47. The van der Waals surface area contributed by atoms with Crippen molar-refractivity contribution in [1.82, 2.24) is 9.96 Å². The summed E-state index contributed by atoms with van der Waals surface area (Å²) in [6.07, 6.45) is -0.888. The molecule has 0 unspecified atom stereocenters. The Labute approximate surface area is 175 Å². The summed E-state index contributed by atoms with van der Waals surface area (Å²) in [5.41, 5.74) is 0.631. The van der Waals surface area contributed by atoms with Gasteiger partial charge in [-0.25, -0.2) is 14.4 Å². The van der Waals surface area contributed by atoms with Gasteiger partial charge in [0, 0.05) is 11.3 Å². The van der Waals surface area contributed by atoms with Crippen molar-refractivity contribution in [2.45, 2.75) is 12.1 Å². The first-order valence-electron chi connectivity index (χ1n) is 8.82. The number of ether oxygens (including phenoxy) is 1. The van der Waals surface area contributed by atoms with Crippen molar-refractivity contribution in [3.8, 4) is 5.75 Å². The average molecular weight is 449 g/mol. The molecular weight excluding hydrogens is 434 g/mol. The smallest absolute Gasteiger partial charge is 0.418 e. The first-order valence-corrected chi connectivity index (χ1v) is 10.2. The van der Waals surface area contributed by atoms with E-state index in [1.807, 2.05) is 0 Å². The fourth-order valence-corrected chi connectivity index (χ4v) is 4.02. The van der Waals surface area contributed by atoms with Gasteiger partial charge in [-0.05, 0) is 23.8 Å². The van der Waals surface area contributed by atoms with E-state index in [0.717, 1.165) is 4.90 Å². The number of nitrogens with one attached hydrogen (secondary N) is 1. The second-order valence-corrected chi connectivity index (χ2v) is 7.66. The van der Waals surface area contributed by atoms with Crippen LogP contribution in [0, 0.1) is 0 Å². The van der Waals surface area contributed by atoms with Gasteiger partial charge < -0.3 is 14.7 Å². The zero-order chi connectivity index (χ0) is 22.3. The van der Waals surface area contributed by atoms with Crippen LogP contribution >= 0.6 is 0 Å². The number of nitrogens with zero attached hydrogens (tertiary/aromatic N) is 2. The highest BCUT2D eigenvalue weighted by Gasteiger charge is 2.53. The summed E-state index contributed by atoms with van der Waals surface area (Å²) in [5.74, 6) is -1.48. The maximum absolute atomic E-state index is 12.6. The van der Waals surface area contributed by atoms with Crippen LogP contribution in [-0.4, -0.2) is 52.7 Å². The van der Waals surface area contributed by atoms with Gasteiger partial charge in [-0.2, -0.15) is 13.5 Å². The van der Waals surface area contributed by atoms with E-state index in [2.05, 4.69) is 9.60 Å². The number of carboxylic acids is 1. The van der Waals surface area contributed by atoms with Crippen molar-refractivity contribution in [3.05, 3.63) is 59.7 Å². The van der Waals surface area contributed by atoms with E-state index in [9.17, 15) is 27.9 Å². The highest BCUT2D eigenvalue weighted by atomic mass is 32.3. The number of carbonyl (C=O) groups excluding carboxylic acids is 2. The van der Waals surface area contributed by atoms with Crippen LogP contribution in [0.2, 0.25) is 0 Å². The van der Waals surface area contributed by atoms with Gasteiger partial charge in [-0.15, -0.1) is 4.28 Å². The monoisotopic (exact) mass is 449 g/mol. The van der Waals surface area contributed by atoms with Crippen molar-refractivity contribution in [2.75, 3.05) is 11.9 Å². The summed E-state index contributed by atoms with van der Waals surface area (Å²) < 4.78 is 41.2. The minimum absolute atomic E-state index is 0.0730. The molecule has 2 aromatic carbocycles. The standard InChI is InChI=1S/C18H15N3O9S/c22-16(23)15-11-7-4-8-13(29-17(24)19-10-5-2-1-3-6-10)14(11)12-9-20(15)18(25)21(12)30-31(26,27)28/h1-8,12,15H,9H2,(H,19,24)(H,22,23)(H,26,27,28)/t12-,15-/m1/s1. The first-order chi connectivity index (χ1) is 14.7. The third kappa shape index (κ3) is 3.88. The number of amides is 3. The van der Waals surface area contributed by atoms with Crippen molar-refractivity contribution >= 4 is 34.2 Å². The van der Waals surface area contributed by atoms with E-state index in [-0.39, 0.29) is 23.4 Å². The van der Waals surface area contributed by atoms with Crippen LogP contribution in [0.4, 0.5) is 15.3 Å². The molecule has 1 fully saturated rings. The number of benzene rings is 2. The van der Waals surface area contributed by atoms with Crippen molar-refractivity contribution in [2.24, 2.45) is 0 Å². The van der Waals surface area contributed by atoms with Crippen molar-refractivity contribution in [3.63, 3.8) is 0 Å². The maximum atomic E-state index is 12.6. The number of rotatable bonds is 5. The molecule has 13 heteroatoms. The van der Waals surface area contributed by atoms with E-state index >= 15 is 0 Å². The minimum atomic E-state index is -5.09. The van der Waals surface area contributed by atoms with Crippen LogP contribution in [0.15, 0.2) is 48.5 Å². The average Bonchev–Trinajstić information content (AvgIpc) is 2.94. The molecule has 2 aliphatic heterocycles. The van der Waals surface area contributed by atoms with Crippen LogP contribution in [0.5, 0.6) is 5.75 Å². The molecule has 2 bridgehead atoms. The van der Waals surface area contributed by atoms with E-state index in [1.54, 1.807) is 30.3 Å². The van der Waals surface area contributed by atoms with Gasteiger partial charge in [-0.3, -0.25) is 9.87 Å². The lowest BCUT2D eigenvalue weighted by Gasteiger charge is -2.31. The number of carboxylic acid groups (broad SMARTS) is 1. The molecule has 0 spiro atoms. The largest absolute Gasteiger partial charge is 0.479 e. The Morgan fingerprint density at radius 2 is 1.81 bits per heavy atom. The van der Waals surface area contributed by atoms with Gasteiger partial charge in [-0.1, -0.05) is 30.3 Å². The summed E-state index contributed by atoms with van der Waals surface area (Å²) in [6, 6.07) is 8.90. The number of hydrogen-bond acceptors (Lipinski definition) is 7. The van der Waals surface area contributed by atoms with Gasteiger partial charge >= 0.3 is 28.5 Å². The number of hydrogen-bond donors (Lipinski definition) is 3. The van der Waals surface area contributed by atoms with Gasteiger partial charge in [0.2, 0.25) is 0 Å². The quantitative estimate of drug-likeness (QED) is 0.579. The molecule has 31 heavy (non-hydrogen) atoms. The molecule has 3 N–H and O–H groups in total. The number of para-hydroxylation sites is 1. The molecule has 4 rings (SSSR count). The number of hydroxylamine groups is 2. The topological polar surface area (TPSA) is 163 Å².